The smallest absolute Gasteiger partial charge is 0.0742 e. The van der Waals surface area contributed by atoms with Crippen molar-refractivity contribution in [1.82, 2.24) is 4.98 Å². The van der Waals surface area contributed by atoms with E-state index in [1.165, 1.54) is 29.2 Å². The summed E-state index contributed by atoms with van der Waals surface area (Å²) >= 11 is 0. The summed E-state index contributed by atoms with van der Waals surface area (Å²) in [4.78, 5) is 4.66. The maximum atomic E-state index is 4.66. The van der Waals surface area contributed by atoms with E-state index in [-0.39, 0.29) is 0 Å². The van der Waals surface area contributed by atoms with Gasteiger partial charge in [-0.15, -0.1) is 0 Å². The molecule has 0 amide bonds. The van der Waals surface area contributed by atoms with Crippen molar-refractivity contribution in [2.45, 2.75) is 60.3 Å². The summed E-state index contributed by atoms with van der Waals surface area (Å²) < 4.78 is 0. The van der Waals surface area contributed by atoms with Crippen molar-refractivity contribution in [2.75, 3.05) is 0 Å². The zero-order chi connectivity index (χ0) is 19.2. The molecule has 3 rings (SSSR count). The number of pyridine rings is 1. The summed E-state index contributed by atoms with van der Waals surface area (Å²) in [6, 6.07) is 10.6. The van der Waals surface area contributed by atoms with Gasteiger partial charge < -0.3 is 0 Å². The van der Waals surface area contributed by atoms with Crippen LogP contribution in [0.15, 0.2) is 66.9 Å². The molecule has 1 aromatic heterocycles. The van der Waals surface area contributed by atoms with E-state index in [1.54, 1.807) is 0 Å². The van der Waals surface area contributed by atoms with Gasteiger partial charge in [0.1, 0.15) is 0 Å². The standard InChI is InChI=1S/C19H19N.C4H10.C2H6/c1-2-3-8-15-9-4-6-11-17(15)19-18-12-7-5-10-16(18)13-14-20-19;1-3-4-2;1-2/h2-7,10-15H,8-9H2,1H3;3-4H2,1-2H3;1-2H3. The first-order valence-corrected chi connectivity index (χ1v) is 10.1. The van der Waals surface area contributed by atoms with Crippen molar-refractivity contribution in [3.05, 3.63) is 72.6 Å². The molecule has 0 radical (unpaired) electrons. The molecule has 26 heavy (non-hydrogen) atoms. The average Bonchev–Trinajstić information content (AvgIpc) is 2.73. The van der Waals surface area contributed by atoms with Crippen molar-refractivity contribution in [2.24, 2.45) is 5.92 Å². The molecule has 1 heterocycles. The van der Waals surface area contributed by atoms with Crippen LogP contribution in [-0.2, 0) is 0 Å². The summed E-state index contributed by atoms with van der Waals surface area (Å²) in [5.74, 6) is 0.537. The maximum absolute atomic E-state index is 4.66. The first-order chi connectivity index (χ1) is 12.8. The molecule has 1 nitrogen and oxygen atoms in total. The van der Waals surface area contributed by atoms with Crippen LogP contribution in [0.1, 0.15) is 66.0 Å². The fourth-order valence-electron chi connectivity index (χ4n) is 2.82. The van der Waals surface area contributed by atoms with E-state index >= 15 is 0 Å². The summed E-state index contributed by atoms with van der Waals surface area (Å²) in [6.45, 7) is 10.4. The summed E-state index contributed by atoms with van der Waals surface area (Å²) in [7, 11) is 0. The molecule has 0 spiro atoms. The minimum Gasteiger partial charge on any atom is -0.256 e. The molecular weight excluding hydrogens is 314 g/mol. The highest BCUT2D eigenvalue weighted by Crippen LogP contribution is 2.34. The second kappa shape index (κ2) is 13.1. The van der Waals surface area contributed by atoms with Crippen molar-refractivity contribution >= 4 is 16.3 Å². The lowest BCUT2D eigenvalue weighted by Crippen LogP contribution is -2.06. The van der Waals surface area contributed by atoms with Crippen molar-refractivity contribution in [1.29, 1.82) is 0 Å². The number of hydrogen-bond acceptors (Lipinski definition) is 1. The van der Waals surface area contributed by atoms with E-state index in [1.807, 2.05) is 20.0 Å². The highest BCUT2D eigenvalue weighted by atomic mass is 14.7. The van der Waals surface area contributed by atoms with Crippen LogP contribution < -0.4 is 0 Å². The molecule has 1 atom stereocenters. The number of fused-ring (bicyclic) bond motifs is 1. The van der Waals surface area contributed by atoms with Crippen LogP contribution in [0.3, 0.4) is 0 Å². The highest BCUT2D eigenvalue weighted by Gasteiger charge is 2.18. The SMILES string of the molecule is CC.CC=CCC1CC=CC=C1c1nccc2ccccc12.CCCC. The molecule has 0 fully saturated rings. The zero-order valence-corrected chi connectivity index (χ0v) is 17.2. The van der Waals surface area contributed by atoms with Crippen LogP contribution in [0.25, 0.3) is 16.3 Å². The number of benzene rings is 1. The predicted molar refractivity (Wildman–Crippen MR) is 118 cm³/mol. The lowest BCUT2D eigenvalue weighted by atomic mass is 9.85. The Kier molecular flexibility index (Phi) is 11.0. The Morgan fingerprint density at radius 3 is 2.50 bits per heavy atom. The fourth-order valence-corrected chi connectivity index (χ4v) is 2.82. The number of nitrogens with zero attached hydrogens (tertiary/aromatic N) is 1. The van der Waals surface area contributed by atoms with Gasteiger partial charge in [0.05, 0.1) is 5.69 Å². The van der Waals surface area contributed by atoms with E-state index in [9.17, 15) is 0 Å². The number of rotatable bonds is 4. The Bertz CT molecular complexity index is 715. The Hall–Kier alpha value is -2.15. The second-order valence-electron chi connectivity index (χ2n) is 6.17. The fraction of sp³-hybridized carbons (Fsp3) is 0.400. The van der Waals surface area contributed by atoms with E-state index in [0.717, 1.165) is 18.5 Å². The topological polar surface area (TPSA) is 12.9 Å². The molecule has 2 aromatic rings. The Morgan fingerprint density at radius 1 is 1.08 bits per heavy atom. The molecule has 0 aliphatic heterocycles. The van der Waals surface area contributed by atoms with Crippen LogP contribution in [0.4, 0.5) is 0 Å². The zero-order valence-electron chi connectivity index (χ0n) is 17.2. The van der Waals surface area contributed by atoms with E-state index in [2.05, 4.69) is 86.5 Å². The van der Waals surface area contributed by atoms with Crippen LogP contribution in [0.5, 0.6) is 0 Å². The molecule has 0 N–H and O–H groups in total. The van der Waals surface area contributed by atoms with Gasteiger partial charge in [0.15, 0.2) is 0 Å². The van der Waals surface area contributed by atoms with Gasteiger partial charge in [-0.3, -0.25) is 4.98 Å². The van der Waals surface area contributed by atoms with Gasteiger partial charge in [0, 0.05) is 11.6 Å². The van der Waals surface area contributed by atoms with E-state index in [4.69, 9.17) is 0 Å². The van der Waals surface area contributed by atoms with Gasteiger partial charge in [-0.05, 0) is 42.7 Å². The number of hydrogen-bond donors (Lipinski definition) is 0. The highest BCUT2D eigenvalue weighted by molar-refractivity contribution is 5.92. The minimum absolute atomic E-state index is 0.537. The van der Waals surface area contributed by atoms with Gasteiger partial charge >= 0.3 is 0 Å². The molecule has 1 heteroatoms. The normalized spacial score (nSPS) is 15.7. The molecule has 0 saturated heterocycles. The van der Waals surface area contributed by atoms with E-state index < -0.39 is 0 Å². The monoisotopic (exact) mass is 349 g/mol. The predicted octanol–water partition coefficient (Wildman–Crippen LogP) is 7.99. The van der Waals surface area contributed by atoms with Crippen molar-refractivity contribution in [3.8, 4) is 0 Å². The van der Waals surface area contributed by atoms with Crippen LogP contribution in [-0.4, -0.2) is 4.98 Å². The van der Waals surface area contributed by atoms with Crippen molar-refractivity contribution in [3.63, 3.8) is 0 Å². The third-order valence-corrected chi connectivity index (χ3v) is 4.38. The molecule has 0 saturated carbocycles. The quantitative estimate of drug-likeness (QED) is 0.510. The minimum atomic E-state index is 0.537. The number of allylic oxidation sites excluding steroid dienone is 6. The first kappa shape index (κ1) is 21.9. The largest absolute Gasteiger partial charge is 0.256 e. The molecule has 0 bridgehead atoms. The third kappa shape index (κ3) is 6.29. The summed E-state index contributed by atoms with van der Waals surface area (Å²) in [6.07, 6.45) is 17.8. The summed E-state index contributed by atoms with van der Waals surface area (Å²) in [5, 5.41) is 2.51. The Morgan fingerprint density at radius 2 is 1.81 bits per heavy atom. The Labute approximate surface area is 160 Å². The average molecular weight is 350 g/mol. The Balaban J connectivity index is 0.000000500. The molecule has 140 valence electrons. The van der Waals surface area contributed by atoms with E-state index in [0.29, 0.717) is 5.92 Å². The third-order valence-electron chi connectivity index (χ3n) is 4.38. The van der Waals surface area contributed by atoms with Gasteiger partial charge in [0.25, 0.3) is 0 Å². The van der Waals surface area contributed by atoms with Gasteiger partial charge in [-0.2, -0.15) is 0 Å². The van der Waals surface area contributed by atoms with Gasteiger partial charge in [-0.1, -0.05) is 95.2 Å². The van der Waals surface area contributed by atoms with Gasteiger partial charge in [0.2, 0.25) is 0 Å². The maximum Gasteiger partial charge on any atom is 0.0742 e. The second-order valence-corrected chi connectivity index (χ2v) is 6.17. The summed E-state index contributed by atoms with van der Waals surface area (Å²) in [5.41, 5.74) is 2.50. The lowest BCUT2D eigenvalue weighted by Gasteiger charge is -2.21. The lowest BCUT2D eigenvalue weighted by molar-refractivity contribution is 0.686. The van der Waals surface area contributed by atoms with Crippen LogP contribution >= 0.6 is 0 Å². The number of unbranched alkanes of at least 4 members (excludes halogenated alkanes) is 1. The van der Waals surface area contributed by atoms with Crippen LogP contribution in [0.2, 0.25) is 0 Å². The number of aromatic nitrogens is 1. The van der Waals surface area contributed by atoms with Crippen LogP contribution in [0, 0.1) is 5.92 Å². The molecule has 1 aliphatic carbocycles. The molecule has 1 aromatic carbocycles. The van der Waals surface area contributed by atoms with Gasteiger partial charge in [-0.25, -0.2) is 0 Å². The first-order valence-electron chi connectivity index (χ1n) is 10.1. The molecule has 1 aliphatic rings. The molecule has 1 unspecified atom stereocenters. The molecular formula is C25H35N. The van der Waals surface area contributed by atoms with Crippen molar-refractivity contribution < 1.29 is 0 Å².